The number of phenolic OH excluding ortho intramolecular Hbond substituents is 4. The van der Waals surface area contributed by atoms with Crippen LogP contribution < -0.4 is 0 Å². The van der Waals surface area contributed by atoms with E-state index in [0.29, 0.717) is 44.5 Å². The molecule has 0 aliphatic heterocycles. The van der Waals surface area contributed by atoms with Crippen molar-refractivity contribution < 1.29 is 39.6 Å². The minimum Gasteiger partial charge on any atom is -0.508 e. The Balaban J connectivity index is 0.000000188. The molecule has 8 heteroatoms. The summed E-state index contributed by atoms with van der Waals surface area (Å²) in [6.45, 7) is 0. The fourth-order valence-electron chi connectivity index (χ4n) is 4.69. The van der Waals surface area contributed by atoms with Crippen LogP contribution in [-0.4, -0.2) is 43.6 Å². The van der Waals surface area contributed by atoms with Crippen molar-refractivity contribution in [2.24, 2.45) is 0 Å². The monoisotopic (exact) mass is 636 g/mol. The highest BCUT2D eigenvalue weighted by Crippen LogP contribution is 2.20. The molecule has 0 bridgehead atoms. The first-order valence-electron chi connectivity index (χ1n) is 14.6. The predicted octanol–water partition coefficient (Wildman–Crippen LogP) is 7.12. The third-order valence-corrected chi connectivity index (χ3v) is 7.31. The van der Waals surface area contributed by atoms with Crippen molar-refractivity contribution in [2.75, 3.05) is 0 Å². The van der Waals surface area contributed by atoms with Crippen LogP contribution in [0.25, 0.3) is 0 Å². The molecule has 0 heterocycles. The van der Waals surface area contributed by atoms with Gasteiger partial charge in [0.05, 0.1) is 0 Å². The van der Waals surface area contributed by atoms with Gasteiger partial charge in [-0.1, -0.05) is 42.5 Å². The van der Waals surface area contributed by atoms with Crippen LogP contribution in [0.3, 0.4) is 0 Å². The number of aromatic hydroxyl groups is 4. The van der Waals surface area contributed by atoms with E-state index in [9.17, 15) is 39.6 Å². The second kappa shape index (κ2) is 14.5. The molecule has 0 saturated heterocycles. The quantitative estimate of drug-likeness (QED) is 0.129. The molecular formula is C40H28O8. The maximum absolute atomic E-state index is 12.5. The molecule has 6 aromatic rings. The zero-order valence-electron chi connectivity index (χ0n) is 25.3. The van der Waals surface area contributed by atoms with E-state index in [1.54, 1.807) is 72.8 Å². The standard InChI is InChI=1S/2C20H14O4/c21-17-9-5-15(6-10-17)19(23)13-1-2-14(4-3-13)20(24)16-7-11-18(22)12-8-16;21-17-8-4-13(5-9-17)19(23)15-2-1-3-16(12-15)20(24)14-6-10-18(22)11-7-14/h2*1-12,21-22H. The number of benzene rings is 6. The van der Waals surface area contributed by atoms with Gasteiger partial charge in [0.25, 0.3) is 0 Å². The third-order valence-electron chi connectivity index (χ3n) is 7.31. The first-order chi connectivity index (χ1) is 23.1. The lowest BCUT2D eigenvalue weighted by Gasteiger charge is -2.05. The summed E-state index contributed by atoms with van der Waals surface area (Å²) in [4.78, 5) is 49.7. The Morgan fingerprint density at radius 3 is 0.688 bits per heavy atom. The van der Waals surface area contributed by atoms with E-state index in [1.165, 1.54) is 72.8 Å². The largest absolute Gasteiger partial charge is 0.508 e. The molecule has 6 rings (SSSR count). The van der Waals surface area contributed by atoms with Gasteiger partial charge in [-0.05, 0) is 103 Å². The van der Waals surface area contributed by atoms with Crippen LogP contribution in [0, 0.1) is 0 Å². The highest BCUT2D eigenvalue weighted by atomic mass is 16.3. The molecule has 0 aromatic heterocycles. The molecule has 0 atom stereocenters. The van der Waals surface area contributed by atoms with E-state index in [1.807, 2.05) is 0 Å². The van der Waals surface area contributed by atoms with Gasteiger partial charge in [-0.25, -0.2) is 0 Å². The maximum Gasteiger partial charge on any atom is 0.193 e. The predicted molar refractivity (Wildman–Crippen MR) is 179 cm³/mol. The zero-order chi connectivity index (χ0) is 34.2. The van der Waals surface area contributed by atoms with Crippen molar-refractivity contribution in [1.29, 1.82) is 0 Å². The summed E-state index contributed by atoms with van der Waals surface area (Å²) in [7, 11) is 0. The van der Waals surface area contributed by atoms with Crippen LogP contribution in [0.1, 0.15) is 63.7 Å². The first-order valence-corrected chi connectivity index (χ1v) is 14.6. The molecular weight excluding hydrogens is 608 g/mol. The van der Waals surface area contributed by atoms with Gasteiger partial charge in [-0.3, -0.25) is 19.2 Å². The summed E-state index contributed by atoms with van der Waals surface area (Å²) in [5.74, 6) is -0.448. The minimum absolute atomic E-state index is 0.0859. The van der Waals surface area contributed by atoms with Crippen molar-refractivity contribution in [3.63, 3.8) is 0 Å². The minimum atomic E-state index is -0.227. The molecule has 236 valence electrons. The summed E-state index contributed by atoms with van der Waals surface area (Å²) in [6.07, 6.45) is 0. The Morgan fingerprint density at radius 1 is 0.271 bits per heavy atom. The van der Waals surface area contributed by atoms with E-state index in [2.05, 4.69) is 0 Å². The van der Waals surface area contributed by atoms with Crippen molar-refractivity contribution in [3.05, 3.63) is 190 Å². The Bertz CT molecular complexity index is 1930. The normalized spacial score (nSPS) is 10.3. The fourth-order valence-corrected chi connectivity index (χ4v) is 4.69. The summed E-state index contributed by atoms with van der Waals surface area (Å²) in [5.41, 5.74) is 3.50. The fraction of sp³-hybridized carbons (Fsp3) is 0. The Kier molecular flexibility index (Phi) is 9.87. The van der Waals surface area contributed by atoms with Gasteiger partial charge in [0.1, 0.15) is 23.0 Å². The molecule has 0 aliphatic carbocycles. The Morgan fingerprint density at radius 2 is 0.458 bits per heavy atom. The Hall–Kier alpha value is -6.80. The van der Waals surface area contributed by atoms with Gasteiger partial charge in [0, 0.05) is 44.5 Å². The second-order valence-corrected chi connectivity index (χ2v) is 10.7. The molecule has 4 N–H and O–H groups in total. The highest BCUT2D eigenvalue weighted by molar-refractivity contribution is 6.13. The number of phenols is 4. The van der Waals surface area contributed by atoms with Crippen LogP contribution in [0.15, 0.2) is 146 Å². The van der Waals surface area contributed by atoms with Gasteiger partial charge in [0.2, 0.25) is 0 Å². The number of hydrogen-bond donors (Lipinski definition) is 4. The summed E-state index contributed by atoms with van der Waals surface area (Å²) in [6, 6.07) is 36.8. The van der Waals surface area contributed by atoms with Crippen LogP contribution >= 0.6 is 0 Å². The molecule has 8 nitrogen and oxygen atoms in total. The van der Waals surface area contributed by atoms with Gasteiger partial charge >= 0.3 is 0 Å². The first kappa shape index (κ1) is 32.6. The molecule has 0 saturated carbocycles. The lowest BCUT2D eigenvalue weighted by molar-refractivity contribution is 0.102. The van der Waals surface area contributed by atoms with Crippen LogP contribution in [0.5, 0.6) is 23.0 Å². The average Bonchev–Trinajstić information content (AvgIpc) is 3.12. The molecule has 0 radical (unpaired) electrons. The van der Waals surface area contributed by atoms with Gasteiger partial charge in [-0.15, -0.1) is 0 Å². The van der Waals surface area contributed by atoms with E-state index in [4.69, 9.17) is 0 Å². The van der Waals surface area contributed by atoms with Gasteiger partial charge < -0.3 is 20.4 Å². The number of hydrogen-bond acceptors (Lipinski definition) is 8. The number of rotatable bonds is 8. The second-order valence-electron chi connectivity index (χ2n) is 10.7. The van der Waals surface area contributed by atoms with Crippen molar-refractivity contribution in [3.8, 4) is 23.0 Å². The molecule has 0 fully saturated rings. The molecule has 0 aliphatic rings. The van der Waals surface area contributed by atoms with Crippen LogP contribution in [0.4, 0.5) is 0 Å². The molecule has 0 unspecified atom stereocenters. The summed E-state index contributed by atoms with van der Waals surface area (Å²) >= 11 is 0. The lowest BCUT2D eigenvalue weighted by atomic mass is 9.97. The number of ketones is 4. The zero-order valence-corrected chi connectivity index (χ0v) is 25.3. The smallest absolute Gasteiger partial charge is 0.193 e. The molecule has 0 amide bonds. The van der Waals surface area contributed by atoms with Crippen LogP contribution in [0.2, 0.25) is 0 Å². The van der Waals surface area contributed by atoms with E-state index >= 15 is 0 Å². The molecule has 6 aromatic carbocycles. The number of carbonyl (C=O) groups is 4. The van der Waals surface area contributed by atoms with E-state index in [0.717, 1.165) is 0 Å². The van der Waals surface area contributed by atoms with E-state index < -0.39 is 0 Å². The van der Waals surface area contributed by atoms with Crippen LogP contribution in [-0.2, 0) is 0 Å². The maximum atomic E-state index is 12.5. The molecule has 0 spiro atoms. The average molecular weight is 637 g/mol. The van der Waals surface area contributed by atoms with Crippen molar-refractivity contribution >= 4 is 23.1 Å². The van der Waals surface area contributed by atoms with Gasteiger partial charge in [-0.2, -0.15) is 0 Å². The topological polar surface area (TPSA) is 149 Å². The SMILES string of the molecule is O=C(c1ccc(O)cc1)c1ccc(C(=O)c2ccc(O)cc2)cc1.O=C(c1ccc(O)cc1)c1cccc(C(=O)c2ccc(O)cc2)c1. The van der Waals surface area contributed by atoms with Gasteiger partial charge in [0.15, 0.2) is 23.1 Å². The highest BCUT2D eigenvalue weighted by Gasteiger charge is 2.15. The molecule has 48 heavy (non-hydrogen) atoms. The third kappa shape index (κ3) is 7.88. The van der Waals surface area contributed by atoms with Crippen molar-refractivity contribution in [1.82, 2.24) is 0 Å². The summed E-state index contributed by atoms with van der Waals surface area (Å²) < 4.78 is 0. The summed E-state index contributed by atoms with van der Waals surface area (Å²) in [5, 5.41) is 37.1. The number of carbonyl (C=O) groups excluding carboxylic acids is 4. The van der Waals surface area contributed by atoms with E-state index in [-0.39, 0.29) is 46.1 Å². The Labute approximate surface area is 275 Å². The lowest BCUT2D eigenvalue weighted by Crippen LogP contribution is -2.05. The van der Waals surface area contributed by atoms with Crippen molar-refractivity contribution in [2.45, 2.75) is 0 Å².